The summed E-state index contributed by atoms with van der Waals surface area (Å²) in [7, 11) is 1.66. The van der Waals surface area contributed by atoms with Crippen LogP contribution in [0.2, 0.25) is 0 Å². The highest BCUT2D eigenvalue weighted by molar-refractivity contribution is 5.91. The van der Waals surface area contributed by atoms with Gasteiger partial charge in [-0.1, -0.05) is 48.5 Å². The van der Waals surface area contributed by atoms with E-state index in [2.05, 4.69) is 11.9 Å². The molecule has 10 nitrogen and oxygen atoms in total. The Morgan fingerprint density at radius 1 is 1.14 bits per heavy atom. The van der Waals surface area contributed by atoms with Crippen molar-refractivity contribution in [2.24, 2.45) is 0 Å². The standard InChI is InChI=1S/C27H32N6O4/c1-4-13-31-18-25(35)32-20(2)26(36)30(16-22-11-8-12-23(14-22)29(3)19-34)17-24(32)33(31)27(37)28-15-21-9-6-5-7-10-21/h4-12,14,19-20,24H,1,13,15-18H2,2-3H3,(H,28,37)/t20-,24-/m0/s1. The van der Waals surface area contributed by atoms with Gasteiger partial charge in [0.1, 0.15) is 12.2 Å². The molecule has 2 heterocycles. The maximum absolute atomic E-state index is 13.5. The third-order valence-electron chi connectivity index (χ3n) is 6.67. The number of fused-ring (bicyclic) bond motifs is 1. The van der Waals surface area contributed by atoms with Crippen molar-refractivity contribution >= 4 is 29.9 Å². The van der Waals surface area contributed by atoms with Crippen LogP contribution in [0.3, 0.4) is 0 Å². The average Bonchev–Trinajstić information content (AvgIpc) is 2.90. The minimum Gasteiger partial charge on any atom is -0.333 e. The molecule has 0 unspecified atom stereocenters. The molecule has 0 radical (unpaired) electrons. The predicted molar refractivity (Wildman–Crippen MR) is 139 cm³/mol. The molecule has 2 aromatic rings. The Morgan fingerprint density at radius 3 is 2.57 bits per heavy atom. The van der Waals surface area contributed by atoms with Gasteiger partial charge in [-0.2, -0.15) is 0 Å². The molecule has 0 aromatic heterocycles. The first-order valence-corrected chi connectivity index (χ1v) is 12.2. The molecule has 2 saturated heterocycles. The number of benzene rings is 2. The molecule has 2 aromatic carbocycles. The van der Waals surface area contributed by atoms with Crippen molar-refractivity contribution in [2.75, 3.05) is 31.6 Å². The zero-order chi connectivity index (χ0) is 26.5. The maximum Gasteiger partial charge on any atom is 0.334 e. The molecule has 2 aliphatic heterocycles. The Bertz CT molecular complexity index is 1170. The van der Waals surface area contributed by atoms with E-state index in [1.807, 2.05) is 54.6 Å². The molecule has 0 aliphatic carbocycles. The van der Waals surface area contributed by atoms with Gasteiger partial charge in [-0.05, 0) is 30.2 Å². The molecule has 194 valence electrons. The molecule has 2 aliphatic rings. The predicted octanol–water partition coefficient (Wildman–Crippen LogP) is 1.79. The fourth-order valence-electron chi connectivity index (χ4n) is 4.81. The summed E-state index contributed by atoms with van der Waals surface area (Å²) in [6.45, 7) is 6.50. The van der Waals surface area contributed by atoms with E-state index in [-0.39, 0.29) is 37.5 Å². The lowest BCUT2D eigenvalue weighted by molar-refractivity contribution is -0.188. The minimum atomic E-state index is -0.734. The second-order valence-corrected chi connectivity index (χ2v) is 9.19. The summed E-state index contributed by atoms with van der Waals surface area (Å²) in [6.07, 6.45) is 1.69. The van der Waals surface area contributed by atoms with Gasteiger partial charge in [-0.15, -0.1) is 6.58 Å². The van der Waals surface area contributed by atoms with Crippen molar-refractivity contribution in [3.8, 4) is 0 Å². The number of carbonyl (C=O) groups excluding carboxylic acids is 4. The molecule has 0 saturated carbocycles. The second-order valence-electron chi connectivity index (χ2n) is 9.19. The van der Waals surface area contributed by atoms with Crippen LogP contribution in [0.15, 0.2) is 67.3 Å². The van der Waals surface area contributed by atoms with Gasteiger partial charge in [0, 0.05) is 32.4 Å². The zero-order valence-electron chi connectivity index (χ0n) is 21.1. The zero-order valence-corrected chi connectivity index (χ0v) is 21.1. The lowest BCUT2D eigenvalue weighted by atomic mass is 10.1. The van der Waals surface area contributed by atoms with E-state index < -0.39 is 12.2 Å². The quantitative estimate of drug-likeness (QED) is 0.437. The topological polar surface area (TPSA) is 96.5 Å². The summed E-state index contributed by atoms with van der Waals surface area (Å²) in [5.74, 6) is -0.408. The summed E-state index contributed by atoms with van der Waals surface area (Å²) >= 11 is 0. The largest absolute Gasteiger partial charge is 0.334 e. The smallest absolute Gasteiger partial charge is 0.333 e. The molecule has 2 fully saturated rings. The van der Waals surface area contributed by atoms with Crippen LogP contribution in [-0.2, 0) is 27.5 Å². The number of hydrazine groups is 1. The van der Waals surface area contributed by atoms with Crippen LogP contribution >= 0.6 is 0 Å². The fourth-order valence-corrected chi connectivity index (χ4v) is 4.81. The summed E-state index contributed by atoms with van der Waals surface area (Å²) < 4.78 is 0. The Labute approximate surface area is 216 Å². The lowest BCUT2D eigenvalue weighted by Gasteiger charge is -2.54. The number of urea groups is 1. The maximum atomic E-state index is 13.5. The molecular weight excluding hydrogens is 472 g/mol. The number of nitrogens with one attached hydrogen (secondary N) is 1. The van der Waals surface area contributed by atoms with Crippen LogP contribution in [0.25, 0.3) is 0 Å². The van der Waals surface area contributed by atoms with Crippen molar-refractivity contribution in [2.45, 2.75) is 32.2 Å². The van der Waals surface area contributed by atoms with E-state index in [1.54, 1.807) is 35.0 Å². The fraction of sp³-hybridized carbons (Fsp3) is 0.333. The van der Waals surface area contributed by atoms with Gasteiger partial charge >= 0.3 is 6.03 Å². The van der Waals surface area contributed by atoms with E-state index in [4.69, 9.17) is 0 Å². The molecule has 10 heteroatoms. The number of hydrogen-bond donors (Lipinski definition) is 1. The minimum absolute atomic E-state index is 0.0288. The van der Waals surface area contributed by atoms with E-state index in [1.165, 1.54) is 9.80 Å². The van der Waals surface area contributed by atoms with Crippen LogP contribution in [-0.4, -0.2) is 83.0 Å². The lowest BCUT2D eigenvalue weighted by Crippen LogP contribution is -2.75. The van der Waals surface area contributed by atoms with Gasteiger partial charge in [-0.3, -0.25) is 14.4 Å². The highest BCUT2D eigenvalue weighted by Gasteiger charge is 2.49. The van der Waals surface area contributed by atoms with Crippen molar-refractivity contribution < 1.29 is 19.2 Å². The average molecular weight is 505 g/mol. The summed E-state index contributed by atoms with van der Waals surface area (Å²) in [5.41, 5.74) is 2.49. The van der Waals surface area contributed by atoms with Crippen LogP contribution in [0.1, 0.15) is 18.1 Å². The number of amides is 5. The highest BCUT2D eigenvalue weighted by atomic mass is 16.2. The first-order chi connectivity index (χ1) is 17.8. The van der Waals surface area contributed by atoms with E-state index in [0.717, 1.165) is 17.5 Å². The molecule has 4 rings (SSSR count). The SMILES string of the molecule is C=CCN1CC(=O)N2[C@@H](C)C(=O)N(Cc3cccc(N(C)C=O)c3)C[C@@H]2N1C(=O)NCc1ccccc1. The molecule has 0 bridgehead atoms. The van der Waals surface area contributed by atoms with Gasteiger partial charge in [-0.25, -0.2) is 14.8 Å². The molecule has 0 spiro atoms. The van der Waals surface area contributed by atoms with Crippen LogP contribution < -0.4 is 10.2 Å². The number of hydrogen-bond acceptors (Lipinski definition) is 5. The normalized spacial score (nSPS) is 19.9. The van der Waals surface area contributed by atoms with Crippen LogP contribution in [0.5, 0.6) is 0 Å². The second kappa shape index (κ2) is 11.3. The van der Waals surface area contributed by atoms with Crippen LogP contribution in [0.4, 0.5) is 10.5 Å². The highest BCUT2D eigenvalue weighted by Crippen LogP contribution is 2.28. The molecule has 1 N–H and O–H groups in total. The summed E-state index contributed by atoms with van der Waals surface area (Å²) in [5, 5.41) is 6.16. The number of carbonyl (C=O) groups is 4. The van der Waals surface area contributed by atoms with Gasteiger partial charge in [0.2, 0.25) is 18.2 Å². The summed E-state index contributed by atoms with van der Waals surface area (Å²) in [6, 6.07) is 15.8. The van der Waals surface area contributed by atoms with Gasteiger partial charge in [0.05, 0.1) is 13.1 Å². The van der Waals surface area contributed by atoms with Crippen molar-refractivity contribution in [3.05, 3.63) is 78.4 Å². The molecule has 37 heavy (non-hydrogen) atoms. The Balaban J connectivity index is 1.59. The van der Waals surface area contributed by atoms with Crippen LogP contribution in [0, 0.1) is 0 Å². The monoisotopic (exact) mass is 504 g/mol. The first-order valence-electron chi connectivity index (χ1n) is 12.2. The van der Waals surface area contributed by atoms with Gasteiger partial charge in [0.25, 0.3) is 0 Å². The first kappa shape index (κ1) is 25.9. The van der Waals surface area contributed by atoms with Gasteiger partial charge in [0.15, 0.2) is 0 Å². The van der Waals surface area contributed by atoms with E-state index in [9.17, 15) is 19.2 Å². The van der Waals surface area contributed by atoms with E-state index >= 15 is 0 Å². The summed E-state index contributed by atoms with van der Waals surface area (Å²) in [4.78, 5) is 55.7. The third-order valence-corrected chi connectivity index (χ3v) is 6.67. The number of rotatable bonds is 8. The number of piperazine rings is 1. The van der Waals surface area contributed by atoms with Gasteiger partial charge < -0.3 is 20.0 Å². The third kappa shape index (κ3) is 5.49. The van der Waals surface area contributed by atoms with E-state index in [0.29, 0.717) is 18.8 Å². The Kier molecular flexibility index (Phi) is 7.88. The van der Waals surface area contributed by atoms with Crippen molar-refractivity contribution in [1.29, 1.82) is 0 Å². The molecule has 5 amide bonds. The molecule has 2 atom stereocenters. The molecular formula is C27H32N6O4. The van der Waals surface area contributed by atoms with Crippen molar-refractivity contribution in [3.63, 3.8) is 0 Å². The number of anilines is 1. The Morgan fingerprint density at radius 2 is 1.86 bits per heavy atom. The number of nitrogens with zero attached hydrogens (tertiary/aromatic N) is 5. The van der Waals surface area contributed by atoms with Crippen molar-refractivity contribution in [1.82, 2.24) is 25.1 Å². The Hall–Kier alpha value is -4.18.